The Morgan fingerprint density at radius 2 is 1.89 bits per heavy atom. The number of hydrogen-bond acceptors (Lipinski definition) is 1. The van der Waals surface area contributed by atoms with Crippen LogP contribution in [0.15, 0.2) is 0 Å². The molecular weight excluding hydrogens is 110 g/mol. The molecule has 0 aliphatic heterocycles. The van der Waals surface area contributed by atoms with E-state index < -0.39 is 0 Å². The van der Waals surface area contributed by atoms with E-state index in [1.54, 1.807) is 0 Å². The third-order valence-corrected chi connectivity index (χ3v) is 2.00. The maximum atomic E-state index is 5.84. The third kappa shape index (κ3) is 3.52. The van der Waals surface area contributed by atoms with E-state index in [1.807, 2.05) is 0 Å². The topological polar surface area (TPSA) is 26.0 Å². The van der Waals surface area contributed by atoms with Gasteiger partial charge in [0, 0.05) is 6.04 Å². The van der Waals surface area contributed by atoms with Gasteiger partial charge >= 0.3 is 0 Å². The zero-order valence-corrected chi connectivity index (χ0v) is 6.85. The zero-order valence-electron chi connectivity index (χ0n) is 6.85. The molecule has 0 aliphatic rings. The lowest BCUT2D eigenvalue weighted by Gasteiger charge is -2.16. The first kappa shape index (κ1) is 8.96. The summed E-state index contributed by atoms with van der Waals surface area (Å²) in [7, 11) is 0. The van der Waals surface area contributed by atoms with Crippen LogP contribution < -0.4 is 5.73 Å². The lowest BCUT2D eigenvalue weighted by atomic mass is 9.96. The monoisotopic (exact) mass is 129 g/mol. The highest BCUT2D eigenvalue weighted by Gasteiger charge is 2.07. The summed E-state index contributed by atoms with van der Waals surface area (Å²) in [5.74, 6) is 0.699. The van der Waals surface area contributed by atoms with Crippen molar-refractivity contribution in [1.82, 2.24) is 0 Å². The van der Waals surface area contributed by atoms with Gasteiger partial charge in [0.05, 0.1) is 0 Å². The molecule has 1 heteroatoms. The van der Waals surface area contributed by atoms with Gasteiger partial charge in [-0.25, -0.2) is 0 Å². The van der Waals surface area contributed by atoms with Gasteiger partial charge < -0.3 is 5.73 Å². The van der Waals surface area contributed by atoms with Gasteiger partial charge in [-0.05, 0) is 12.3 Å². The summed E-state index contributed by atoms with van der Waals surface area (Å²) in [6.07, 6.45) is 3.60. The van der Waals surface area contributed by atoms with Gasteiger partial charge in [-0.15, -0.1) is 0 Å². The molecule has 0 bridgehead atoms. The predicted octanol–water partition coefficient (Wildman–Crippen LogP) is 2.16. The normalized spacial score (nSPS) is 17.3. The smallest absolute Gasteiger partial charge is 0.00643 e. The summed E-state index contributed by atoms with van der Waals surface area (Å²) in [5.41, 5.74) is 5.84. The molecule has 0 heterocycles. The number of hydrogen-bond donors (Lipinski definition) is 1. The van der Waals surface area contributed by atoms with E-state index in [4.69, 9.17) is 5.73 Å². The van der Waals surface area contributed by atoms with Crippen LogP contribution >= 0.6 is 0 Å². The van der Waals surface area contributed by atoms with Crippen molar-refractivity contribution in [3.05, 3.63) is 0 Å². The Morgan fingerprint density at radius 1 is 1.33 bits per heavy atom. The van der Waals surface area contributed by atoms with E-state index >= 15 is 0 Å². The molecule has 0 fully saturated rings. The molecule has 0 saturated carbocycles. The van der Waals surface area contributed by atoms with Gasteiger partial charge in [-0.1, -0.05) is 33.6 Å². The number of rotatable bonds is 4. The van der Waals surface area contributed by atoms with E-state index in [1.165, 1.54) is 19.3 Å². The summed E-state index contributed by atoms with van der Waals surface area (Å²) in [4.78, 5) is 0. The first-order valence-corrected chi connectivity index (χ1v) is 3.97. The molecule has 0 amide bonds. The van der Waals surface area contributed by atoms with E-state index in [2.05, 4.69) is 20.8 Å². The fraction of sp³-hybridized carbons (Fsp3) is 1.00. The molecule has 0 unspecified atom stereocenters. The Bertz CT molecular complexity index is 61.6. The molecule has 0 aliphatic carbocycles. The molecule has 2 atom stereocenters. The minimum absolute atomic E-state index is 0.431. The maximum absolute atomic E-state index is 5.84. The van der Waals surface area contributed by atoms with Crippen molar-refractivity contribution in [3.63, 3.8) is 0 Å². The van der Waals surface area contributed by atoms with Crippen LogP contribution in [-0.4, -0.2) is 6.04 Å². The highest BCUT2D eigenvalue weighted by Crippen LogP contribution is 2.09. The minimum atomic E-state index is 0.431. The molecule has 0 spiro atoms. The second kappa shape index (κ2) is 4.80. The van der Waals surface area contributed by atoms with Crippen LogP contribution in [0.2, 0.25) is 0 Å². The van der Waals surface area contributed by atoms with Crippen LogP contribution in [0.4, 0.5) is 0 Å². The molecule has 0 radical (unpaired) electrons. The molecule has 56 valence electrons. The molecule has 2 N–H and O–H groups in total. The first-order valence-electron chi connectivity index (χ1n) is 3.97. The van der Waals surface area contributed by atoms with E-state index in [-0.39, 0.29) is 0 Å². The van der Waals surface area contributed by atoms with Gasteiger partial charge in [0.25, 0.3) is 0 Å². The van der Waals surface area contributed by atoms with Crippen LogP contribution in [0.3, 0.4) is 0 Å². The van der Waals surface area contributed by atoms with E-state index in [0.29, 0.717) is 12.0 Å². The van der Waals surface area contributed by atoms with Crippen molar-refractivity contribution >= 4 is 0 Å². The summed E-state index contributed by atoms with van der Waals surface area (Å²) in [5, 5.41) is 0. The Hall–Kier alpha value is -0.0400. The van der Waals surface area contributed by atoms with Gasteiger partial charge in [0.15, 0.2) is 0 Å². The average molecular weight is 129 g/mol. The van der Waals surface area contributed by atoms with Crippen molar-refractivity contribution < 1.29 is 0 Å². The molecule has 1 nitrogen and oxygen atoms in total. The Morgan fingerprint density at radius 3 is 2.22 bits per heavy atom. The summed E-state index contributed by atoms with van der Waals surface area (Å²) < 4.78 is 0. The van der Waals surface area contributed by atoms with Gasteiger partial charge in [-0.2, -0.15) is 0 Å². The summed E-state index contributed by atoms with van der Waals surface area (Å²) in [6, 6.07) is 0.431. The average Bonchev–Trinajstić information content (AvgIpc) is 1.87. The molecule has 0 rings (SSSR count). The van der Waals surface area contributed by atoms with Crippen LogP contribution in [-0.2, 0) is 0 Å². The summed E-state index contributed by atoms with van der Waals surface area (Å²) >= 11 is 0. The van der Waals surface area contributed by atoms with Gasteiger partial charge in [-0.3, -0.25) is 0 Å². The fourth-order valence-corrected chi connectivity index (χ4v) is 0.921. The summed E-state index contributed by atoms with van der Waals surface area (Å²) in [6.45, 7) is 6.60. The van der Waals surface area contributed by atoms with Crippen LogP contribution in [0.25, 0.3) is 0 Å². The van der Waals surface area contributed by atoms with Gasteiger partial charge in [0.2, 0.25) is 0 Å². The number of nitrogens with two attached hydrogens (primary N) is 1. The van der Waals surface area contributed by atoms with Crippen molar-refractivity contribution in [2.45, 2.75) is 46.1 Å². The highest BCUT2D eigenvalue weighted by molar-refractivity contribution is 4.66. The zero-order chi connectivity index (χ0) is 7.28. The van der Waals surface area contributed by atoms with Crippen LogP contribution in [0.1, 0.15) is 40.0 Å². The second-order valence-electron chi connectivity index (χ2n) is 2.84. The Kier molecular flexibility index (Phi) is 4.78. The van der Waals surface area contributed by atoms with Crippen LogP contribution in [0.5, 0.6) is 0 Å². The molecular formula is C8H19N. The highest BCUT2D eigenvalue weighted by atomic mass is 14.6. The van der Waals surface area contributed by atoms with Crippen molar-refractivity contribution in [3.8, 4) is 0 Å². The molecule has 0 aromatic heterocycles. The molecule has 0 saturated heterocycles. The lowest BCUT2D eigenvalue weighted by Crippen LogP contribution is -2.27. The standard InChI is InChI=1S/C8H19N/c1-4-6-8(9)7(3)5-2/h7-8H,4-6,9H2,1-3H3/t7-,8-/m0/s1. The fourth-order valence-electron chi connectivity index (χ4n) is 0.921. The largest absolute Gasteiger partial charge is 0.327 e. The third-order valence-electron chi connectivity index (χ3n) is 2.00. The second-order valence-corrected chi connectivity index (χ2v) is 2.84. The first-order chi connectivity index (χ1) is 4.22. The SMILES string of the molecule is CCC[C@H](N)[C@@H](C)CC. The molecule has 0 aromatic carbocycles. The quantitative estimate of drug-likeness (QED) is 0.618. The van der Waals surface area contributed by atoms with Crippen molar-refractivity contribution in [2.24, 2.45) is 11.7 Å². The predicted molar refractivity (Wildman–Crippen MR) is 42.3 cm³/mol. The minimum Gasteiger partial charge on any atom is -0.327 e. The van der Waals surface area contributed by atoms with E-state index in [9.17, 15) is 0 Å². The van der Waals surface area contributed by atoms with E-state index in [0.717, 1.165) is 0 Å². The molecule has 9 heavy (non-hydrogen) atoms. The van der Waals surface area contributed by atoms with Crippen LogP contribution in [0, 0.1) is 5.92 Å². The lowest BCUT2D eigenvalue weighted by molar-refractivity contribution is 0.417. The van der Waals surface area contributed by atoms with Crippen molar-refractivity contribution in [2.75, 3.05) is 0 Å². The van der Waals surface area contributed by atoms with Gasteiger partial charge in [0.1, 0.15) is 0 Å². The molecule has 0 aromatic rings. The Balaban J connectivity index is 3.32. The maximum Gasteiger partial charge on any atom is 0.00643 e. The Labute approximate surface area is 58.6 Å². The van der Waals surface area contributed by atoms with Crippen molar-refractivity contribution in [1.29, 1.82) is 0 Å².